The van der Waals surface area contributed by atoms with Crippen molar-refractivity contribution >= 4 is 23.9 Å². The summed E-state index contributed by atoms with van der Waals surface area (Å²) in [6.07, 6.45) is -0.945. The summed E-state index contributed by atoms with van der Waals surface area (Å²) in [5.41, 5.74) is 5.75. The second kappa shape index (κ2) is 27.5. The summed E-state index contributed by atoms with van der Waals surface area (Å²) >= 11 is 0. The Morgan fingerprint density at radius 2 is 1.12 bits per heavy atom. The summed E-state index contributed by atoms with van der Waals surface area (Å²) < 4.78 is 16.9. The number of nitrogens with one attached hydrogen (secondary N) is 4. The van der Waals surface area contributed by atoms with E-state index in [1.54, 1.807) is 28.9 Å². The number of benzene rings is 3. The number of carbonyl (C=O) groups excluding carboxylic acids is 4. The van der Waals surface area contributed by atoms with Crippen LogP contribution < -0.4 is 26.1 Å². The normalized spacial score (nSPS) is 16.4. The Kier molecular flexibility index (Phi) is 21.6. The van der Waals surface area contributed by atoms with Gasteiger partial charge in [0.15, 0.2) is 0 Å². The largest absolute Gasteiger partial charge is 0.489 e. The lowest BCUT2D eigenvalue weighted by Crippen LogP contribution is -2.60. The molecule has 3 aromatic carbocycles. The maximum absolute atomic E-state index is 14.3. The molecule has 0 aliphatic carbocycles. The van der Waals surface area contributed by atoms with E-state index >= 15 is 0 Å². The maximum atomic E-state index is 14.3. The molecule has 17 nitrogen and oxygen atoms in total. The van der Waals surface area contributed by atoms with Gasteiger partial charge in [-0.15, -0.1) is 0 Å². The highest BCUT2D eigenvalue weighted by Gasteiger charge is 2.33. The van der Waals surface area contributed by atoms with Crippen molar-refractivity contribution in [3.8, 4) is 5.75 Å². The number of aliphatic hydroxyl groups excluding tert-OH is 1. The molecular formula is C50H75N9O8. The summed E-state index contributed by atoms with van der Waals surface area (Å²) in [5, 5.41) is 22.8. The molecule has 5 rings (SSSR count). The lowest BCUT2D eigenvalue weighted by molar-refractivity contribution is -0.131. The van der Waals surface area contributed by atoms with Gasteiger partial charge in [-0.1, -0.05) is 100 Å². The highest BCUT2D eigenvalue weighted by molar-refractivity contribution is 5.88. The molecule has 3 aromatic rings. The lowest BCUT2D eigenvalue weighted by atomic mass is 9.98. The maximum Gasteiger partial charge on any atom is 0.317 e. The van der Waals surface area contributed by atoms with Crippen LogP contribution in [-0.4, -0.2) is 177 Å². The Labute approximate surface area is 397 Å². The van der Waals surface area contributed by atoms with Crippen molar-refractivity contribution in [2.45, 2.75) is 71.5 Å². The highest BCUT2D eigenvalue weighted by atomic mass is 16.5. The third kappa shape index (κ3) is 18.0. The van der Waals surface area contributed by atoms with Gasteiger partial charge in [-0.05, 0) is 47.1 Å². The lowest BCUT2D eigenvalue weighted by Gasteiger charge is -2.34. The third-order valence-corrected chi connectivity index (χ3v) is 12.2. The second-order valence-electron chi connectivity index (χ2n) is 18.2. The molecule has 0 radical (unpaired) electrons. The molecule has 2 fully saturated rings. The van der Waals surface area contributed by atoms with Crippen LogP contribution in [0.1, 0.15) is 44.4 Å². The highest BCUT2D eigenvalue weighted by Crippen LogP contribution is 2.17. The minimum Gasteiger partial charge on any atom is -0.489 e. The predicted molar refractivity (Wildman–Crippen MR) is 258 cm³/mol. The summed E-state index contributed by atoms with van der Waals surface area (Å²) in [6.45, 7) is 16.1. The molecule has 67 heavy (non-hydrogen) atoms. The smallest absolute Gasteiger partial charge is 0.317 e. The van der Waals surface area contributed by atoms with Gasteiger partial charge in [-0.25, -0.2) is 14.6 Å². The van der Waals surface area contributed by atoms with Crippen molar-refractivity contribution in [3.05, 3.63) is 102 Å². The number of morpholine rings is 2. The summed E-state index contributed by atoms with van der Waals surface area (Å²) in [4.78, 5) is 63.1. The first-order valence-corrected chi connectivity index (χ1v) is 23.7. The van der Waals surface area contributed by atoms with Crippen molar-refractivity contribution in [2.24, 2.45) is 11.8 Å². The number of urea groups is 2. The molecule has 0 bridgehead atoms. The molecule has 2 heterocycles. The first-order chi connectivity index (χ1) is 32.2. The van der Waals surface area contributed by atoms with Gasteiger partial charge in [0.25, 0.3) is 5.91 Å². The average molecular weight is 930 g/mol. The average Bonchev–Trinajstić information content (AvgIpc) is 3.33. The number of hydrogen-bond acceptors (Lipinski definition) is 11. The van der Waals surface area contributed by atoms with E-state index in [4.69, 9.17) is 14.2 Å². The van der Waals surface area contributed by atoms with Gasteiger partial charge in [0.05, 0.1) is 38.6 Å². The molecule has 0 aromatic heterocycles. The van der Waals surface area contributed by atoms with E-state index in [0.717, 1.165) is 42.9 Å². The van der Waals surface area contributed by atoms with Crippen LogP contribution in [0.3, 0.4) is 0 Å². The number of hydrogen-bond donors (Lipinski definition) is 5. The Balaban J connectivity index is 1.31. The van der Waals surface area contributed by atoms with Gasteiger partial charge in [0.2, 0.25) is 5.91 Å². The standard InChI is InChI=1S/C50H75N9O8/c1-37(2)45(52-49(63)55(5)21-23-57-25-29-65-30-26-57)47(61)51-43(33-39-13-9-7-10-14-39)44(60)35-59(34-40-17-19-42(20-18-40)67-36-41-15-11-8-12-16-41)54-48(62)46(38(3)4)53-50(64)56(6)22-24-58-27-31-66-32-28-58/h7-20,37-38,43-46,60H,21-36H2,1-6H3,(H,51,61)(H,52,63)(H,53,64)(H,54,62)/t43?,44?,45-,46-/m0/s1. The van der Waals surface area contributed by atoms with Gasteiger partial charge in [-0.2, -0.15) is 0 Å². The Hall–Kier alpha value is -5.30. The topological polar surface area (TPSA) is 181 Å². The van der Waals surface area contributed by atoms with E-state index in [2.05, 4.69) is 31.2 Å². The summed E-state index contributed by atoms with van der Waals surface area (Å²) in [6, 6.07) is 23.5. The molecule has 0 saturated carbocycles. The third-order valence-electron chi connectivity index (χ3n) is 12.2. The van der Waals surface area contributed by atoms with Crippen molar-refractivity contribution in [1.82, 2.24) is 46.0 Å². The van der Waals surface area contributed by atoms with Gasteiger partial charge >= 0.3 is 12.1 Å². The molecule has 4 atom stereocenters. The van der Waals surface area contributed by atoms with E-state index in [-0.39, 0.29) is 43.4 Å². The van der Waals surface area contributed by atoms with Crippen LogP contribution in [0, 0.1) is 11.8 Å². The number of ether oxygens (including phenoxy) is 3. The molecular weight excluding hydrogens is 855 g/mol. The van der Waals surface area contributed by atoms with Gasteiger partial charge in [-0.3, -0.25) is 24.8 Å². The number of aliphatic hydroxyl groups is 1. The van der Waals surface area contributed by atoms with E-state index in [9.17, 15) is 24.3 Å². The fraction of sp³-hybridized carbons (Fsp3) is 0.560. The second-order valence-corrected chi connectivity index (χ2v) is 18.2. The summed E-state index contributed by atoms with van der Waals surface area (Å²) in [7, 11) is 3.42. The number of amides is 6. The van der Waals surface area contributed by atoms with Crippen LogP contribution in [0.2, 0.25) is 0 Å². The van der Waals surface area contributed by atoms with E-state index in [1.165, 1.54) is 0 Å². The first-order valence-electron chi connectivity index (χ1n) is 23.7. The number of likely N-dealkylation sites (N-methyl/N-ethyl adjacent to an activating group) is 2. The molecule has 0 spiro atoms. The van der Waals surface area contributed by atoms with Crippen molar-refractivity contribution in [3.63, 3.8) is 0 Å². The van der Waals surface area contributed by atoms with Crippen molar-refractivity contribution < 1.29 is 38.5 Å². The number of hydrazine groups is 1. The van der Waals surface area contributed by atoms with Crippen molar-refractivity contribution in [2.75, 3.05) is 99.4 Å². The van der Waals surface area contributed by atoms with Crippen LogP contribution in [0.15, 0.2) is 84.9 Å². The fourth-order valence-electron chi connectivity index (χ4n) is 7.80. The number of nitrogens with zero attached hydrogens (tertiary/aromatic N) is 5. The monoisotopic (exact) mass is 930 g/mol. The van der Waals surface area contributed by atoms with E-state index in [1.807, 2.05) is 113 Å². The van der Waals surface area contributed by atoms with Crippen LogP contribution in [0.4, 0.5) is 9.59 Å². The van der Waals surface area contributed by atoms with Crippen LogP contribution in [-0.2, 0) is 38.6 Å². The van der Waals surface area contributed by atoms with E-state index in [0.29, 0.717) is 65.0 Å². The van der Waals surface area contributed by atoms with Gasteiger partial charge in [0.1, 0.15) is 24.4 Å². The number of carbonyl (C=O) groups is 4. The minimum absolute atomic E-state index is 0.100. The van der Waals surface area contributed by atoms with E-state index < -0.39 is 36.0 Å². The Morgan fingerprint density at radius 1 is 0.642 bits per heavy atom. The van der Waals surface area contributed by atoms with Crippen LogP contribution in [0.25, 0.3) is 0 Å². The summed E-state index contributed by atoms with van der Waals surface area (Å²) in [5.74, 6) is -0.778. The zero-order valence-corrected chi connectivity index (χ0v) is 40.4. The number of rotatable bonds is 24. The van der Waals surface area contributed by atoms with Crippen LogP contribution >= 0.6 is 0 Å². The zero-order valence-electron chi connectivity index (χ0n) is 40.4. The van der Waals surface area contributed by atoms with Gasteiger partial charge < -0.3 is 45.1 Å². The Bertz CT molecular complexity index is 1930. The van der Waals surface area contributed by atoms with Crippen LogP contribution in [0.5, 0.6) is 5.75 Å². The molecule has 2 aliphatic rings. The predicted octanol–water partition coefficient (Wildman–Crippen LogP) is 3.18. The fourth-order valence-corrected chi connectivity index (χ4v) is 7.80. The minimum atomic E-state index is -1.21. The molecule has 368 valence electrons. The quantitative estimate of drug-likeness (QED) is 0.0834. The Morgan fingerprint density at radius 3 is 1.61 bits per heavy atom. The van der Waals surface area contributed by atoms with Gasteiger partial charge in [0, 0.05) is 79.5 Å². The molecule has 5 N–H and O–H groups in total. The molecule has 6 amide bonds. The first kappa shape index (κ1) is 52.7. The SMILES string of the molecule is CC(C)[C@H](NC(=O)N(C)CCN1CCOCC1)C(=O)NC(Cc1ccccc1)C(O)CN(Cc1ccc(OCc2ccccc2)cc1)NC(=O)[C@@H](NC(=O)N(C)CCN1CCOCC1)C(C)C. The van der Waals surface area contributed by atoms with Crippen molar-refractivity contribution in [1.29, 1.82) is 0 Å². The molecule has 17 heteroatoms. The zero-order chi connectivity index (χ0) is 48.1. The molecule has 2 aliphatic heterocycles. The molecule has 2 saturated heterocycles. The molecule has 2 unspecified atom stereocenters.